The fraction of sp³-hybridized carbons (Fsp3) is 0.333. The number of hydrogen-bond acceptors (Lipinski definition) is 3. The van der Waals surface area contributed by atoms with Crippen LogP contribution in [0.2, 0.25) is 0 Å². The fourth-order valence-electron chi connectivity index (χ4n) is 2.54. The van der Waals surface area contributed by atoms with E-state index in [1.54, 1.807) is 0 Å². The smallest absolute Gasteiger partial charge is 0.164 e. The minimum absolute atomic E-state index is 0. The van der Waals surface area contributed by atoms with E-state index in [2.05, 4.69) is 42.2 Å². The van der Waals surface area contributed by atoms with E-state index in [0.29, 0.717) is 0 Å². The average Bonchev–Trinajstić information content (AvgIpc) is 2.67. The van der Waals surface area contributed by atoms with Crippen LogP contribution in [0.3, 0.4) is 0 Å². The van der Waals surface area contributed by atoms with Gasteiger partial charge in [0.15, 0.2) is 5.78 Å². The zero-order valence-electron chi connectivity index (χ0n) is 19.4. The molecule has 1 radical (unpaired) electrons. The molecule has 0 atom stereocenters. The summed E-state index contributed by atoms with van der Waals surface area (Å²) in [4.78, 5) is 16.0. The molecule has 2 aromatic carbocycles. The molecule has 1 N–H and O–H groups in total. The molecular weight excluding hydrogens is 563 g/mol. The van der Waals surface area contributed by atoms with Crippen molar-refractivity contribution in [1.82, 2.24) is 4.98 Å². The second-order valence-electron chi connectivity index (χ2n) is 9.55. The van der Waals surface area contributed by atoms with E-state index in [9.17, 15) is 9.90 Å². The molecule has 0 bridgehead atoms. The third kappa shape index (κ3) is 7.72. The van der Waals surface area contributed by atoms with Gasteiger partial charge < -0.3 is 10.1 Å². The van der Waals surface area contributed by atoms with E-state index < -0.39 is 5.41 Å². The first kappa shape index (κ1) is 26.7. The third-order valence-electron chi connectivity index (χ3n) is 4.67. The Kier molecular flexibility index (Phi) is 9.35. The second-order valence-corrected chi connectivity index (χ2v) is 9.55. The van der Waals surface area contributed by atoms with Gasteiger partial charge in [-0.25, -0.2) is 0 Å². The summed E-state index contributed by atoms with van der Waals surface area (Å²) in [6, 6.07) is 19.8. The summed E-state index contributed by atoms with van der Waals surface area (Å²) in [6.07, 6.45) is 3.19. The van der Waals surface area contributed by atoms with Crippen LogP contribution in [-0.4, -0.2) is 15.9 Å². The van der Waals surface area contributed by atoms with E-state index >= 15 is 0 Å². The topological polar surface area (TPSA) is 50.2 Å². The number of ketones is 1. The van der Waals surface area contributed by atoms with Crippen LogP contribution in [0.5, 0.6) is 0 Å². The molecule has 0 unspecified atom stereocenters. The number of aromatic nitrogens is 1. The molecule has 3 nitrogen and oxygen atoms in total. The fourth-order valence-corrected chi connectivity index (χ4v) is 2.54. The molecule has 0 fully saturated rings. The molecule has 0 amide bonds. The van der Waals surface area contributed by atoms with Crippen LogP contribution in [0.4, 0.5) is 0 Å². The first-order valence-electron chi connectivity index (χ1n) is 10.2. The van der Waals surface area contributed by atoms with Crippen molar-refractivity contribution >= 4 is 16.6 Å². The monoisotopic (exact) mass is 595 g/mol. The van der Waals surface area contributed by atoms with Crippen LogP contribution < -0.4 is 0 Å². The van der Waals surface area contributed by atoms with Crippen molar-refractivity contribution in [3.63, 3.8) is 0 Å². The van der Waals surface area contributed by atoms with Gasteiger partial charge in [-0.15, -0.1) is 35.4 Å². The summed E-state index contributed by atoms with van der Waals surface area (Å²) in [6.45, 7) is 13.2. The quantitative estimate of drug-likeness (QED) is 0.196. The maximum atomic E-state index is 11.5. The van der Waals surface area contributed by atoms with E-state index in [-0.39, 0.29) is 37.1 Å². The van der Waals surface area contributed by atoms with Gasteiger partial charge in [0, 0.05) is 43.2 Å². The molecule has 0 aliphatic carbocycles. The van der Waals surface area contributed by atoms with Gasteiger partial charge in [0.1, 0.15) is 5.76 Å². The Bertz CT molecular complexity index is 1030. The molecule has 167 valence electrons. The van der Waals surface area contributed by atoms with Gasteiger partial charge in [0.2, 0.25) is 0 Å². The maximum Gasteiger partial charge on any atom is 0.164 e. The van der Waals surface area contributed by atoms with Crippen LogP contribution in [0.1, 0.15) is 47.1 Å². The molecule has 0 spiro atoms. The molecule has 31 heavy (non-hydrogen) atoms. The Labute approximate surface area is 200 Å². The van der Waals surface area contributed by atoms with Gasteiger partial charge in [-0.3, -0.25) is 4.79 Å². The standard InChI is InChI=1S/C16H12N.C11H20O2.Ir/c1-12-6-8-14(9-7-12)16-15-5-3-2-4-13(15)10-11-17-16;1-10(2,3)8(12)7-9(13)11(4,5)6;/h2-8,10-11H,1H3;7,12H,1-6H3;/q-1;;/b;8-7-;. The van der Waals surface area contributed by atoms with Crippen molar-refractivity contribution in [1.29, 1.82) is 0 Å². The number of allylic oxidation sites excluding steroid dienone is 2. The first-order valence-corrected chi connectivity index (χ1v) is 10.2. The van der Waals surface area contributed by atoms with Crippen molar-refractivity contribution in [2.75, 3.05) is 0 Å². The Morgan fingerprint density at radius 2 is 1.61 bits per heavy atom. The number of nitrogens with zero attached hydrogens (tertiary/aromatic N) is 1. The first-order chi connectivity index (χ1) is 13.9. The SMILES string of the molecule is CC(C)(C)C(=O)/C=C(\O)C(C)(C)C.Cc1c[c-]c(-c2nccc3ccccc23)cc1.[Ir]. The number of aliphatic hydroxyl groups is 1. The second kappa shape index (κ2) is 10.8. The summed E-state index contributed by atoms with van der Waals surface area (Å²) in [5.41, 5.74) is 2.50. The van der Waals surface area contributed by atoms with Crippen molar-refractivity contribution in [2.45, 2.75) is 48.5 Å². The van der Waals surface area contributed by atoms with Gasteiger partial charge in [-0.1, -0.05) is 72.7 Å². The number of aryl methyl sites for hydroxylation is 1. The Morgan fingerprint density at radius 1 is 0.968 bits per heavy atom. The zero-order chi connectivity index (χ0) is 22.5. The Hall–Kier alpha value is -2.29. The average molecular weight is 595 g/mol. The van der Waals surface area contributed by atoms with Gasteiger partial charge in [-0.2, -0.15) is 0 Å². The summed E-state index contributed by atoms with van der Waals surface area (Å²) < 4.78 is 0. The van der Waals surface area contributed by atoms with Crippen LogP contribution in [-0.2, 0) is 24.9 Å². The van der Waals surface area contributed by atoms with Gasteiger partial charge in [0.25, 0.3) is 0 Å². The minimum Gasteiger partial charge on any atom is -0.512 e. The Balaban J connectivity index is 0.000000314. The predicted molar refractivity (Wildman–Crippen MR) is 125 cm³/mol. The summed E-state index contributed by atoms with van der Waals surface area (Å²) in [5.74, 6) is 0.104. The summed E-state index contributed by atoms with van der Waals surface area (Å²) in [5, 5.41) is 12.0. The predicted octanol–water partition coefficient (Wildman–Crippen LogP) is 7.10. The number of pyridine rings is 1. The van der Waals surface area contributed by atoms with Crippen molar-refractivity contribution in [3.05, 3.63) is 78.2 Å². The largest absolute Gasteiger partial charge is 0.512 e. The van der Waals surface area contributed by atoms with Crippen LogP contribution in [0.15, 0.2) is 66.6 Å². The van der Waals surface area contributed by atoms with Crippen molar-refractivity contribution < 1.29 is 30.0 Å². The van der Waals surface area contributed by atoms with Crippen LogP contribution >= 0.6 is 0 Å². The van der Waals surface area contributed by atoms with Gasteiger partial charge >= 0.3 is 0 Å². The van der Waals surface area contributed by atoms with Crippen molar-refractivity contribution in [3.8, 4) is 11.3 Å². The molecule has 0 saturated heterocycles. The minimum atomic E-state index is -0.417. The number of aliphatic hydroxyl groups excluding tert-OH is 1. The third-order valence-corrected chi connectivity index (χ3v) is 4.67. The molecule has 0 aliphatic rings. The molecule has 1 aromatic heterocycles. The Morgan fingerprint density at radius 3 is 2.16 bits per heavy atom. The van der Waals surface area contributed by atoms with E-state index in [1.165, 1.54) is 22.4 Å². The number of fused-ring (bicyclic) bond motifs is 1. The molecule has 0 aliphatic heterocycles. The van der Waals surface area contributed by atoms with Gasteiger partial charge in [0.05, 0.1) is 0 Å². The van der Waals surface area contributed by atoms with Crippen LogP contribution in [0, 0.1) is 23.8 Å². The molecule has 4 heteroatoms. The van der Waals surface area contributed by atoms with Crippen molar-refractivity contribution in [2.24, 2.45) is 10.8 Å². The van der Waals surface area contributed by atoms with E-state index in [1.807, 2.05) is 72.0 Å². The number of benzene rings is 2. The van der Waals surface area contributed by atoms with E-state index in [4.69, 9.17) is 0 Å². The molecule has 1 heterocycles. The zero-order valence-corrected chi connectivity index (χ0v) is 21.8. The number of carbonyl (C=O) groups excluding carboxylic acids is 1. The van der Waals surface area contributed by atoms with Gasteiger partial charge in [-0.05, 0) is 22.5 Å². The number of hydrogen-bond donors (Lipinski definition) is 1. The normalized spacial score (nSPS) is 11.9. The molecule has 3 rings (SSSR count). The summed E-state index contributed by atoms with van der Waals surface area (Å²) in [7, 11) is 0. The molecular formula is C27H32IrNO2-. The number of rotatable bonds is 2. The summed E-state index contributed by atoms with van der Waals surface area (Å²) >= 11 is 0. The molecule has 0 saturated carbocycles. The van der Waals surface area contributed by atoms with E-state index in [0.717, 1.165) is 11.3 Å². The van der Waals surface area contributed by atoms with Crippen LogP contribution in [0.25, 0.3) is 22.0 Å². The molecule has 3 aromatic rings. The number of carbonyl (C=O) groups is 1. The maximum absolute atomic E-state index is 11.5.